The average molecular weight is 455 g/mol. The molecule has 0 bridgehead atoms. The molecule has 1 heterocycles. The van der Waals surface area contributed by atoms with Gasteiger partial charge in [0.05, 0.1) is 17.2 Å². The molecule has 10 heteroatoms. The molecule has 2 aromatic rings. The number of esters is 1. The van der Waals surface area contributed by atoms with Gasteiger partial charge in [0.15, 0.2) is 6.61 Å². The maximum atomic E-state index is 13.0. The lowest BCUT2D eigenvalue weighted by Crippen LogP contribution is -2.28. The van der Waals surface area contributed by atoms with Crippen molar-refractivity contribution in [3.8, 4) is 0 Å². The normalized spacial score (nSPS) is 16.4. The summed E-state index contributed by atoms with van der Waals surface area (Å²) in [7, 11) is 0. The lowest BCUT2D eigenvalue weighted by molar-refractivity contribution is -0.151. The van der Waals surface area contributed by atoms with Crippen LogP contribution in [0.25, 0.3) is 0 Å². The van der Waals surface area contributed by atoms with Crippen LogP contribution in [0, 0.1) is 12.8 Å². The third-order valence-electron chi connectivity index (χ3n) is 4.84. The first kappa shape index (κ1) is 22.6. The highest BCUT2D eigenvalue weighted by Gasteiger charge is 2.37. The van der Waals surface area contributed by atoms with Crippen LogP contribution in [0.4, 0.5) is 24.5 Å². The fourth-order valence-corrected chi connectivity index (χ4v) is 3.44. The van der Waals surface area contributed by atoms with E-state index in [1.165, 1.54) is 17.0 Å². The monoisotopic (exact) mass is 454 g/mol. The molecule has 0 aromatic heterocycles. The molecule has 0 unspecified atom stereocenters. The largest absolute Gasteiger partial charge is 0.455 e. The summed E-state index contributed by atoms with van der Waals surface area (Å²) in [4.78, 5) is 38.1. The first-order valence-electron chi connectivity index (χ1n) is 9.26. The molecular weight excluding hydrogens is 437 g/mol. The predicted molar refractivity (Wildman–Crippen MR) is 108 cm³/mol. The summed E-state index contributed by atoms with van der Waals surface area (Å²) in [5.74, 6) is -2.80. The van der Waals surface area contributed by atoms with E-state index in [9.17, 15) is 27.6 Å². The topological polar surface area (TPSA) is 75.7 Å². The van der Waals surface area contributed by atoms with E-state index in [1.54, 1.807) is 25.1 Å². The number of para-hydroxylation sites is 1. The van der Waals surface area contributed by atoms with Gasteiger partial charge in [0, 0.05) is 23.7 Å². The average Bonchev–Trinajstić information content (AvgIpc) is 3.09. The summed E-state index contributed by atoms with van der Waals surface area (Å²) in [6, 6.07) is 9.55. The summed E-state index contributed by atoms with van der Waals surface area (Å²) in [5, 5.41) is 2.57. The molecule has 2 amide bonds. The van der Waals surface area contributed by atoms with Crippen molar-refractivity contribution in [2.24, 2.45) is 5.92 Å². The molecule has 0 saturated carbocycles. The van der Waals surface area contributed by atoms with Gasteiger partial charge in [-0.15, -0.1) is 0 Å². The van der Waals surface area contributed by atoms with Crippen LogP contribution in [-0.2, 0) is 25.3 Å². The van der Waals surface area contributed by atoms with Crippen LogP contribution in [0.2, 0.25) is 5.02 Å². The van der Waals surface area contributed by atoms with Gasteiger partial charge in [0.25, 0.3) is 5.91 Å². The Morgan fingerprint density at radius 3 is 2.61 bits per heavy atom. The predicted octanol–water partition coefficient (Wildman–Crippen LogP) is 4.20. The minimum absolute atomic E-state index is 0.0530. The van der Waals surface area contributed by atoms with Crippen molar-refractivity contribution in [3.05, 3.63) is 58.6 Å². The smallest absolute Gasteiger partial charge is 0.418 e. The lowest BCUT2D eigenvalue weighted by Gasteiger charge is -2.19. The quantitative estimate of drug-likeness (QED) is 0.687. The molecule has 1 N–H and O–H groups in total. The molecule has 0 spiro atoms. The number of nitrogens with zero attached hydrogens (tertiary/aromatic N) is 1. The van der Waals surface area contributed by atoms with Crippen molar-refractivity contribution in [1.82, 2.24) is 0 Å². The van der Waals surface area contributed by atoms with E-state index in [4.69, 9.17) is 16.3 Å². The number of amides is 2. The van der Waals surface area contributed by atoms with Gasteiger partial charge in [0.1, 0.15) is 0 Å². The molecule has 1 atom stereocenters. The first-order chi connectivity index (χ1) is 14.6. The van der Waals surface area contributed by atoms with E-state index in [0.29, 0.717) is 16.3 Å². The lowest BCUT2D eigenvalue weighted by atomic mass is 10.1. The number of rotatable bonds is 5. The number of benzene rings is 2. The number of alkyl halides is 3. The second-order valence-electron chi connectivity index (χ2n) is 6.99. The molecule has 2 aromatic carbocycles. The zero-order valence-electron chi connectivity index (χ0n) is 16.3. The summed E-state index contributed by atoms with van der Waals surface area (Å²) in [6.07, 6.45) is -4.75. The molecule has 3 rings (SSSR count). The highest BCUT2D eigenvalue weighted by Crippen LogP contribution is 2.35. The fourth-order valence-electron chi connectivity index (χ4n) is 3.27. The van der Waals surface area contributed by atoms with E-state index in [2.05, 4.69) is 5.32 Å². The Labute approximate surface area is 180 Å². The highest BCUT2D eigenvalue weighted by molar-refractivity contribution is 6.31. The molecule has 164 valence electrons. The Balaban J connectivity index is 1.59. The van der Waals surface area contributed by atoms with Crippen LogP contribution in [0.15, 0.2) is 42.5 Å². The number of halogens is 4. The SMILES string of the molecule is Cc1c(Cl)cccc1N1C[C@@H](C(=O)OCC(=O)Nc2ccccc2C(F)(F)F)CC1=O. The minimum Gasteiger partial charge on any atom is -0.455 e. The Morgan fingerprint density at radius 1 is 1.19 bits per heavy atom. The Bertz CT molecular complexity index is 1030. The number of carbonyl (C=O) groups excluding carboxylic acids is 3. The van der Waals surface area contributed by atoms with Gasteiger partial charge >= 0.3 is 12.1 Å². The van der Waals surface area contributed by atoms with E-state index in [0.717, 1.165) is 12.1 Å². The molecule has 31 heavy (non-hydrogen) atoms. The van der Waals surface area contributed by atoms with Crippen LogP contribution < -0.4 is 10.2 Å². The molecular formula is C21H18ClF3N2O4. The van der Waals surface area contributed by atoms with Gasteiger partial charge in [0.2, 0.25) is 5.91 Å². The van der Waals surface area contributed by atoms with Crippen LogP contribution in [0.1, 0.15) is 17.5 Å². The van der Waals surface area contributed by atoms with E-state index in [-0.39, 0.29) is 18.9 Å². The van der Waals surface area contributed by atoms with Crippen molar-refractivity contribution in [2.75, 3.05) is 23.4 Å². The highest BCUT2D eigenvalue weighted by atomic mass is 35.5. The molecule has 6 nitrogen and oxygen atoms in total. The zero-order valence-corrected chi connectivity index (χ0v) is 17.1. The van der Waals surface area contributed by atoms with Crippen molar-refractivity contribution >= 4 is 40.8 Å². The van der Waals surface area contributed by atoms with Crippen molar-refractivity contribution in [2.45, 2.75) is 19.5 Å². The van der Waals surface area contributed by atoms with Gasteiger partial charge in [-0.3, -0.25) is 14.4 Å². The summed E-state index contributed by atoms with van der Waals surface area (Å²) >= 11 is 6.08. The third kappa shape index (κ3) is 5.16. The molecule has 1 saturated heterocycles. The van der Waals surface area contributed by atoms with Crippen LogP contribution >= 0.6 is 11.6 Å². The Hall–Kier alpha value is -3.07. The number of nitrogens with one attached hydrogen (secondary N) is 1. The molecule has 1 aliphatic heterocycles. The van der Waals surface area contributed by atoms with Crippen molar-refractivity contribution in [3.63, 3.8) is 0 Å². The summed E-state index contributed by atoms with van der Waals surface area (Å²) in [5.41, 5.74) is -0.179. The van der Waals surface area contributed by atoms with Gasteiger partial charge < -0.3 is 15.0 Å². The second kappa shape index (κ2) is 8.97. The van der Waals surface area contributed by atoms with Crippen molar-refractivity contribution < 1.29 is 32.3 Å². The van der Waals surface area contributed by atoms with Gasteiger partial charge in [-0.1, -0.05) is 29.8 Å². The molecule has 0 radical (unpaired) electrons. The fraction of sp³-hybridized carbons (Fsp3) is 0.286. The summed E-state index contributed by atoms with van der Waals surface area (Å²) < 4.78 is 43.9. The number of ether oxygens (including phenoxy) is 1. The van der Waals surface area contributed by atoms with Gasteiger partial charge in [-0.2, -0.15) is 13.2 Å². The zero-order chi connectivity index (χ0) is 22.8. The number of anilines is 2. The Kier molecular flexibility index (Phi) is 6.54. The summed E-state index contributed by atoms with van der Waals surface area (Å²) in [6.45, 7) is 1.03. The van der Waals surface area contributed by atoms with Gasteiger partial charge in [-0.05, 0) is 36.8 Å². The number of hydrogen-bond donors (Lipinski definition) is 1. The molecule has 1 aliphatic rings. The second-order valence-corrected chi connectivity index (χ2v) is 7.40. The number of hydrogen-bond acceptors (Lipinski definition) is 4. The molecule has 1 fully saturated rings. The van der Waals surface area contributed by atoms with Crippen LogP contribution in [0.5, 0.6) is 0 Å². The maximum absolute atomic E-state index is 13.0. The van der Waals surface area contributed by atoms with Crippen LogP contribution in [-0.4, -0.2) is 30.9 Å². The Morgan fingerprint density at radius 2 is 1.90 bits per heavy atom. The van der Waals surface area contributed by atoms with E-state index < -0.39 is 41.8 Å². The first-order valence-corrected chi connectivity index (χ1v) is 9.64. The van der Waals surface area contributed by atoms with Gasteiger partial charge in [-0.25, -0.2) is 0 Å². The number of carbonyl (C=O) groups is 3. The van der Waals surface area contributed by atoms with E-state index in [1.807, 2.05) is 0 Å². The van der Waals surface area contributed by atoms with Crippen molar-refractivity contribution in [1.29, 1.82) is 0 Å². The maximum Gasteiger partial charge on any atom is 0.418 e. The molecule has 0 aliphatic carbocycles. The third-order valence-corrected chi connectivity index (χ3v) is 5.25. The van der Waals surface area contributed by atoms with E-state index >= 15 is 0 Å². The van der Waals surface area contributed by atoms with Crippen LogP contribution in [0.3, 0.4) is 0 Å². The minimum atomic E-state index is -4.65. The standard InChI is InChI=1S/C21H18ClF3N2O4/c1-12-15(22)6-4-8-17(12)27-10-13(9-19(27)29)20(30)31-11-18(28)26-16-7-3-2-5-14(16)21(23,24)25/h2-8,13H,9-11H2,1H3,(H,26,28)/t13-/m0/s1.